The molecule has 1 rings (SSSR count). The molecule has 0 aromatic carbocycles. The molecule has 0 amide bonds. The Bertz CT molecular complexity index is 198. The van der Waals surface area contributed by atoms with Crippen molar-refractivity contribution in [3.8, 4) is 0 Å². The van der Waals surface area contributed by atoms with Crippen molar-refractivity contribution in [3.63, 3.8) is 0 Å². The van der Waals surface area contributed by atoms with Crippen molar-refractivity contribution < 1.29 is 0 Å². The highest BCUT2D eigenvalue weighted by Crippen LogP contribution is 2.00. The molecule has 0 atom stereocenters. The van der Waals surface area contributed by atoms with Gasteiger partial charge in [0, 0.05) is 13.2 Å². The van der Waals surface area contributed by atoms with Crippen LogP contribution >= 0.6 is 0 Å². The van der Waals surface area contributed by atoms with Crippen molar-refractivity contribution >= 4 is 0 Å². The zero-order valence-corrected chi connectivity index (χ0v) is 9.95. The zero-order valence-electron chi connectivity index (χ0n) is 9.95. The number of hydrogen-bond acceptors (Lipinski definition) is 2. The van der Waals surface area contributed by atoms with Crippen LogP contribution < -0.4 is 0 Å². The number of aromatic nitrogens is 3. The molecule has 0 fully saturated rings. The Morgan fingerprint density at radius 1 is 1.14 bits per heavy atom. The molecule has 3 nitrogen and oxygen atoms in total. The second-order valence-corrected chi connectivity index (χ2v) is 3.59. The van der Waals surface area contributed by atoms with Gasteiger partial charge in [-0.15, -0.1) is 5.10 Å². The normalized spacial score (nSPS) is 9.43. The Hall–Kier alpha value is -0.860. The second-order valence-electron chi connectivity index (χ2n) is 3.59. The number of aryl methyl sites for hydroxylation is 2. The maximum absolute atomic E-state index is 3.73. The van der Waals surface area contributed by atoms with Gasteiger partial charge >= 0.3 is 0 Å². The van der Waals surface area contributed by atoms with Gasteiger partial charge in [0.25, 0.3) is 0 Å². The average Bonchev–Trinajstić information content (AvgIpc) is 2.52. The summed E-state index contributed by atoms with van der Waals surface area (Å²) >= 11 is 0. The SMILES string of the molecule is CCCCCCC.Cc1cn(C)nn1. The third-order valence-corrected chi connectivity index (χ3v) is 1.92. The van der Waals surface area contributed by atoms with Crippen molar-refractivity contribution in [1.82, 2.24) is 15.0 Å². The van der Waals surface area contributed by atoms with Crippen molar-refractivity contribution in [2.75, 3.05) is 0 Å². The summed E-state index contributed by atoms with van der Waals surface area (Å²) in [5.41, 5.74) is 0.961. The second kappa shape index (κ2) is 8.73. The first-order valence-corrected chi connectivity index (χ1v) is 5.53. The fraction of sp³-hybridized carbons (Fsp3) is 0.818. The lowest BCUT2D eigenvalue weighted by Crippen LogP contribution is -1.85. The highest BCUT2D eigenvalue weighted by atomic mass is 15.4. The third kappa shape index (κ3) is 7.77. The van der Waals surface area contributed by atoms with Crippen LogP contribution in [0.5, 0.6) is 0 Å². The summed E-state index contributed by atoms with van der Waals surface area (Å²) in [7, 11) is 1.85. The first-order chi connectivity index (χ1) is 6.70. The Labute approximate surface area is 87.5 Å². The molecule has 0 saturated heterocycles. The van der Waals surface area contributed by atoms with E-state index in [4.69, 9.17) is 0 Å². The molecule has 14 heavy (non-hydrogen) atoms. The molecule has 0 aliphatic carbocycles. The average molecular weight is 197 g/mol. The maximum atomic E-state index is 3.73. The lowest BCUT2D eigenvalue weighted by molar-refractivity contribution is 0.656. The van der Waals surface area contributed by atoms with Gasteiger partial charge in [0.1, 0.15) is 0 Å². The zero-order chi connectivity index (χ0) is 10.8. The molecule has 0 aliphatic rings. The molecule has 0 unspecified atom stereocenters. The van der Waals surface area contributed by atoms with E-state index in [1.807, 2.05) is 20.2 Å². The van der Waals surface area contributed by atoms with Crippen LogP contribution in [0, 0.1) is 6.92 Å². The van der Waals surface area contributed by atoms with E-state index in [2.05, 4.69) is 24.2 Å². The van der Waals surface area contributed by atoms with Gasteiger partial charge in [-0.05, 0) is 6.92 Å². The monoisotopic (exact) mass is 197 g/mol. The van der Waals surface area contributed by atoms with Gasteiger partial charge in [0.2, 0.25) is 0 Å². The molecule has 3 heteroatoms. The van der Waals surface area contributed by atoms with Crippen LogP contribution in [0.2, 0.25) is 0 Å². The van der Waals surface area contributed by atoms with Crippen molar-refractivity contribution in [2.24, 2.45) is 7.05 Å². The summed E-state index contributed by atoms with van der Waals surface area (Å²) in [6.45, 7) is 6.40. The third-order valence-electron chi connectivity index (χ3n) is 1.92. The van der Waals surface area contributed by atoms with E-state index in [0.717, 1.165) is 5.69 Å². The van der Waals surface area contributed by atoms with Gasteiger partial charge in [0.05, 0.1) is 5.69 Å². The van der Waals surface area contributed by atoms with Gasteiger partial charge in [-0.2, -0.15) is 0 Å². The minimum absolute atomic E-state index is 0.961. The van der Waals surface area contributed by atoms with Crippen molar-refractivity contribution in [2.45, 2.75) is 52.9 Å². The quantitative estimate of drug-likeness (QED) is 0.694. The Morgan fingerprint density at radius 2 is 1.71 bits per heavy atom. The number of rotatable bonds is 4. The lowest BCUT2D eigenvalue weighted by Gasteiger charge is -1.90. The molecule has 1 aromatic heterocycles. The van der Waals surface area contributed by atoms with E-state index < -0.39 is 0 Å². The Kier molecular flexibility index (Phi) is 8.19. The highest BCUT2D eigenvalue weighted by molar-refractivity contribution is 4.85. The van der Waals surface area contributed by atoms with Crippen LogP contribution in [0.4, 0.5) is 0 Å². The maximum Gasteiger partial charge on any atom is 0.0796 e. The fourth-order valence-electron chi connectivity index (χ4n) is 1.14. The number of unbranched alkanes of at least 4 members (excludes halogenated alkanes) is 4. The molecule has 0 N–H and O–H groups in total. The number of nitrogens with zero attached hydrogens (tertiary/aromatic N) is 3. The summed E-state index contributed by atoms with van der Waals surface area (Å²) in [6, 6.07) is 0. The minimum atomic E-state index is 0.961. The van der Waals surface area contributed by atoms with Crippen LogP contribution in [0.1, 0.15) is 51.6 Å². The van der Waals surface area contributed by atoms with E-state index in [1.165, 1.54) is 32.1 Å². The van der Waals surface area contributed by atoms with Crippen LogP contribution in [0.3, 0.4) is 0 Å². The summed E-state index contributed by atoms with van der Waals surface area (Å²) in [5, 5.41) is 7.41. The Morgan fingerprint density at radius 3 is 1.93 bits per heavy atom. The smallest absolute Gasteiger partial charge is 0.0796 e. The van der Waals surface area contributed by atoms with E-state index in [0.29, 0.717) is 0 Å². The largest absolute Gasteiger partial charge is 0.255 e. The topological polar surface area (TPSA) is 30.7 Å². The van der Waals surface area contributed by atoms with E-state index in [9.17, 15) is 0 Å². The Balaban J connectivity index is 0.000000241. The molecule has 0 bridgehead atoms. The molecule has 0 spiro atoms. The van der Waals surface area contributed by atoms with Gasteiger partial charge in [-0.25, -0.2) is 0 Å². The molecular formula is C11H23N3. The van der Waals surface area contributed by atoms with Crippen LogP contribution in [-0.4, -0.2) is 15.0 Å². The molecule has 82 valence electrons. The van der Waals surface area contributed by atoms with Crippen molar-refractivity contribution in [3.05, 3.63) is 11.9 Å². The fourth-order valence-corrected chi connectivity index (χ4v) is 1.14. The predicted molar refractivity (Wildman–Crippen MR) is 60.2 cm³/mol. The predicted octanol–water partition coefficient (Wildman–Crippen LogP) is 3.10. The van der Waals surface area contributed by atoms with Gasteiger partial charge in [-0.1, -0.05) is 51.2 Å². The van der Waals surface area contributed by atoms with E-state index in [1.54, 1.807) is 4.68 Å². The van der Waals surface area contributed by atoms with Gasteiger partial charge in [-0.3, -0.25) is 4.68 Å². The molecule has 0 aliphatic heterocycles. The van der Waals surface area contributed by atoms with Gasteiger partial charge < -0.3 is 0 Å². The summed E-state index contributed by atoms with van der Waals surface area (Å²) in [4.78, 5) is 0. The summed E-state index contributed by atoms with van der Waals surface area (Å²) in [5.74, 6) is 0. The molecule has 1 aromatic rings. The molecule has 0 saturated carbocycles. The molecule has 1 heterocycles. The standard InChI is InChI=1S/C7H16.C4H7N3/c1-3-5-7-6-4-2;1-4-3-7(2)6-5-4/h3-7H2,1-2H3;3H,1-2H3. The summed E-state index contributed by atoms with van der Waals surface area (Å²) < 4.78 is 1.68. The van der Waals surface area contributed by atoms with E-state index in [-0.39, 0.29) is 0 Å². The summed E-state index contributed by atoms with van der Waals surface area (Å²) in [6.07, 6.45) is 8.87. The molecular weight excluding hydrogens is 174 g/mol. The van der Waals surface area contributed by atoms with Gasteiger partial charge in [0.15, 0.2) is 0 Å². The van der Waals surface area contributed by atoms with E-state index >= 15 is 0 Å². The first-order valence-electron chi connectivity index (χ1n) is 5.53. The first kappa shape index (κ1) is 13.1. The highest BCUT2D eigenvalue weighted by Gasteiger charge is 1.83. The minimum Gasteiger partial charge on any atom is -0.255 e. The number of hydrogen-bond donors (Lipinski definition) is 0. The molecule has 0 radical (unpaired) electrons. The van der Waals surface area contributed by atoms with Crippen molar-refractivity contribution in [1.29, 1.82) is 0 Å². The van der Waals surface area contributed by atoms with Crippen LogP contribution in [-0.2, 0) is 7.05 Å². The van der Waals surface area contributed by atoms with Crippen LogP contribution in [0.25, 0.3) is 0 Å². The lowest BCUT2D eigenvalue weighted by atomic mass is 10.2. The van der Waals surface area contributed by atoms with Crippen LogP contribution in [0.15, 0.2) is 6.20 Å².